The fourth-order valence-corrected chi connectivity index (χ4v) is 4.17. The molecule has 0 spiro atoms. The molecule has 0 saturated heterocycles. The van der Waals surface area contributed by atoms with E-state index in [1.807, 2.05) is 0 Å². The number of halogens is 1. The second-order valence-corrected chi connectivity index (χ2v) is 8.03. The van der Waals surface area contributed by atoms with Crippen LogP contribution in [0.15, 0.2) is 59.8 Å². The van der Waals surface area contributed by atoms with Gasteiger partial charge < -0.3 is 15.9 Å². The highest BCUT2D eigenvalue weighted by Gasteiger charge is 2.24. The second kappa shape index (κ2) is 8.21. The summed E-state index contributed by atoms with van der Waals surface area (Å²) in [4.78, 5) is 7.56. The molecule has 0 unspecified atom stereocenters. The molecule has 0 saturated carbocycles. The van der Waals surface area contributed by atoms with Crippen molar-refractivity contribution < 1.29 is 23.0 Å². The third-order valence-electron chi connectivity index (χ3n) is 4.23. The molecule has 10 heteroatoms. The highest BCUT2D eigenvalue weighted by molar-refractivity contribution is 7.89. The average Bonchev–Trinajstić information content (AvgIpc) is 2.68. The van der Waals surface area contributed by atoms with Gasteiger partial charge in [0.1, 0.15) is 5.82 Å². The van der Waals surface area contributed by atoms with E-state index in [1.54, 1.807) is 12.1 Å². The summed E-state index contributed by atoms with van der Waals surface area (Å²) < 4.78 is 42.3. The van der Waals surface area contributed by atoms with Crippen LogP contribution in [-0.4, -0.2) is 40.9 Å². The third-order valence-corrected chi connectivity index (χ3v) is 5.84. The molecular formula is C19H19FN4O4S. The van der Waals surface area contributed by atoms with Crippen LogP contribution in [0.1, 0.15) is 6.92 Å². The van der Waals surface area contributed by atoms with Gasteiger partial charge in [-0.15, -0.1) is 0 Å². The molecule has 0 aliphatic heterocycles. The number of nitrogens with one attached hydrogen (secondary N) is 1. The molecular weight excluding hydrogens is 399 g/mol. The maximum atomic E-state index is 14.7. The minimum Gasteiger partial charge on any atom is -0.368 e. The lowest BCUT2D eigenvalue weighted by Crippen LogP contribution is -2.41. The highest BCUT2D eigenvalue weighted by atomic mass is 32.2. The van der Waals surface area contributed by atoms with Gasteiger partial charge in [0.05, 0.1) is 10.9 Å². The molecule has 0 aliphatic rings. The molecule has 0 amide bonds. The summed E-state index contributed by atoms with van der Waals surface area (Å²) in [5.41, 5.74) is 6.71. The molecule has 5 N–H and O–H groups in total. The van der Waals surface area contributed by atoms with Gasteiger partial charge in [0, 0.05) is 29.1 Å². The third kappa shape index (κ3) is 4.57. The van der Waals surface area contributed by atoms with Gasteiger partial charge in [0.15, 0.2) is 6.29 Å². The molecule has 0 bridgehead atoms. The van der Waals surface area contributed by atoms with E-state index >= 15 is 0 Å². The summed E-state index contributed by atoms with van der Waals surface area (Å²) in [6.07, 6.45) is 0.921. The monoisotopic (exact) mass is 418 g/mol. The summed E-state index contributed by atoms with van der Waals surface area (Å²) in [5.74, 6) is -0.519. The van der Waals surface area contributed by atoms with E-state index in [2.05, 4.69) is 14.7 Å². The number of benzene rings is 2. The van der Waals surface area contributed by atoms with Crippen LogP contribution in [0.3, 0.4) is 0 Å². The predicted molar refractivity (Wildman–Crippen MR) is 105 cm³/mol. The van der Waals surface area contributed by atoms with Gasteiger partial charge in [-0.25, -0.2) is 27.5 Å². The Balaban J connectivity index is 2.02. The Labute approximate surface area is 166 Å². The Morgan fingerprint density at radius 2 is 1.69 bits per heavy atom. The quantitative estimate of drug-likeness (QED) is 0.445. The number of hydrogen-bond acceptors (Lipinski definition) is 7. The SMILES string of the molecule is C[C@H](NS(=O)(=O)c1ccccc1-c1ccc(-c2cnc(N)nc2)c(F)c1)C(O)O. The maximum Gasteiger partial charge on any atom is 0.241 e. The number of anilines is 1. The zero-order valence-electron chi connectivity index (χ0n) is 15.3. The predicted octanol–water partition coefficient (Wildman–Crippen LogP) is 1.51. The zero-order chi connectivity index (χ0) is 21.2. The van der Waals surface area contributed by atoms with Crippen molar-refractivity contribution in [3.63, 3.8) is 0 Å². The minimum atomic E-state index is -4.09. The highest BCUT2D eigenvalue weighted by Crippen LogP contribution is 2.31. The first-order valence-electron chi connectivity index (χ1n) is 8.54. The second-order valence-electron chi connectivity index (χ2n) is 6.34. The largest absolute Gasteiger partial charge is 0.368 e. The number of nitrogens with two attached hydrogens (primary N) is 1. The molecule has 1 atom stereocenters. The normalized spacial score (nSPS) is 12.9. The van der Waals surface area contributed by atoms with Crippen molar-refractivity contribution in [1.82, 2.24) is 14.7 Å². The number of nitrogen functional groups attached to an aromatic ring is 1. The van der Waals surface area contributed by atoms with Crippen molar-refractivity contribution in [2.45, 2.75) is 24.2 Å². The number of rotatable bonds is 6. The molecule has 3 aromatic rings. The fourth-order valence-electron chi connectivity index (χ4n) is 2.70. The summed E-state index contributed by atoms with van der Waals surface area (Å²) in [5, 5.41) is 18.3. The Bertz CT molecular complexity index is 1120. The van der Waals surface area contributed by atoms with Gasteiger partial charge in [-0.3, -0.25) is 0 Å². The van der Waals surface area contributed by atoms with Crippen molar-refractivity contribution in [3.05, 3.63) is 60.7 Å². The molecule has 2 aromatic carbocycles. The summed E-state index contributed by atoms with van der Waals surface area (Å²) >= 11 is 0. The Kier molecular flexibility index (Phi) is 5.89. The number of aliphatic hydroxyl groups excluding tert-OH is 1. The van der Waals surface area contributed by atoms with Crippen LogP contribution in [0, 0.1) is 5.82 Å². The lowest BCUT2D eigenvalue weighted by Gasteiger charge is -2.18. The van der Waals surface area contributed by atoms with E-state index in [-0.39, 0.29) is 22.0 Å². The van der Waals surface area contributed by atoms with Crippen LogP contribution in [0.2, 0.25) is 0 Å². The summed E-state index contributed by atoms with van der Waals surface area (Å²) in [6.45, 7) is 1.31. The van der Waals surface area contributed by atoms with Crippen LogP contribution in [0.25, 0.3) is 22.3 Å². The molecule has 8 nitrogen and oxygen atoms in total. The van der Waals surface area contributed by atoms with E-state index in [1.165, 1.54) is 49.6 Å². The van der Waals surface area contributed by atoms with Crippen molar-refractivity contribution in [2.24, 2.45) is 0 Å². The molecule has 1 aromatic heterocycles. The molecule has 0 aliphatic carbocycles. The van der Waals surface area contributed by atoms with Crippen LogP contribution in [-0.2, 0) is 10.0 Å². The minimum absolute atomic E-state index is 0.0691. The van der Waals surface area contributed by atoms with E-state index in [4.69, 9.17) is 5.73 Å². The molecule has 29 heavy (non-hydrogen) atoms. The Hall–Kier alpha value is -2.92. The number of sulfonamides is 1. The standard InChI is InChI=1S/C19H19FN4O4S/c1-11(18(25)26)24-29(27,28)17-5-3-2-4-15(17)12-6-7-14(16(20)8-12)13-9-22-19(21)23-10-13/h2-11,18,24-26H,1H3,(H2,21,22,23)/t11-/m0/s1. The molecule has 152 valence electrons. The van der Waals surface area contributed by atoms with Gasteiger partial charge in [-0.2, -0.15) is 0 Å². The van der Waals surface area contributed by atoms with Crippen LogP contribution >= 0.6 is 0 Å². The molecule has 0 radical (unpaired) electrons. The summed E-state index contributed by atoms with van der Waals surface area (Å²) in [6, 6.07) is 9.20. The lowest BCUT2D eigenvalue weighted by molar-refractivity contribution is -0.0575. The van der Waals surface area contributed by atoms with Crippen LogP contribution in [0.4, 0.5) is 10.3 Å². The average molecular weight is 418 g/mol. The summed E-state index contributed by atoms with van der Waals surface area (Å²) in [7, 11) is -4.09. The maximum absolute atomic E-state index is 14.7. The van der Waals surface area contributed by atoms with E-state index in [0.717, 1.165) is 0 Å². The first-order chi connectivity index (χ1) is 13.7. The topological polar surface area (TPSA) is 138 Å². The van der Waals surface area contributed by atoms with Gasteiger partial charge in [-0.05, 0) is 24.6 Å². The number of hydrogen-bond donors (Lipinski definition) is 4. The van der Waals surface area contributed by atoms with Gasteiger partial charge in [-0.1, -0.05) is 30.3 Å². The van der Waals surface area contributed by atoms with Crippen molar-refractivity contribution >= 4 is 16.0 Å². The first kappa shape index (κ1) is 20.8. The molecule has 0 fully saturated rings. The van der Waals surface area contributed by atoms with Crippen LogP contribution in [0.5, 0.6) is 0 Å². The van der Waals surface area contributed by atoms with Crippen molar-refractivity contribution in [3.8, 4) is 22.3 Å². The smallest absolute Gasteiger partial charge is 0.241 e. The number of nitrogens with zero attached hydrogens (tertiary/aromatic N) is 2. The van der Waals surface area contributed by atoms with Crippen LogP contribution < -0.4 is 10.5 Å². The van der Waals surface area contributed by atoms with Gasteiger partial charge in [0.25, 0.3) is 0 Å². The van der Waals surface area contributed by atoms with Crippen molar-refractivity contribution in [1.29, 1.82) is 0 Å². The van der Waals surface area contributed by atoms with E-state index in [9.17, 15) is 23.0 Å². The van der Waals surface area contributed by atoms with Gasteiger partial charge in [0.2, 0.25) is 16.0 Å². The number of aliphatic hydroxyl groups is 2. The van der Waals surface area contributed by atoms with Gasteiger partial charge >= 0.3 is 0 Å². The molecule has 3 rings (SSSR count). The fraction of sp³-hybridized carbons (Fsp3) is 0.158. The van der Waals surface area contributed by atoms with E-state index in [0.29, 0.717) is 11.1 Å². The zero-order valence-corrected chi connectivity index (χ0v) is 16.1. The number of aromatic nitrogens is 2. The molecule has 1 heterocycles. The Morgan fingerprint density at radius 3 is 2.31 bits per heavy atom. The Morgan fingerprint density at radius 1 is 1.03 bits per heavy atom. The van der Waals surface area contributed by atoms with Crippen molar-refractivity contribution in [2.75, 3.05) is 5.73 Å². The van der Waals surface area contributed by atoms with E-state index < -0.39 is 28.2 Å². The first-order valence-corrected chi connectivity index (χ1v) is 10.0. The lowest BCUT2D eigenvalue weighted by atomic mass is 10.0.